The standard InChI is InChI=1S/C44H78IO4.C24BF20/c1-3-5-7-9-11-13-15-17-19-21-23-25-27-29-31-33-39-46-43-37-35-41(48-43)45-42-36-38-44(49-42)47-40-34-32-30-28-26-24-22-20-18-16-14-12-10-8-6-4-2;26-5-1(6(27)14(35)21(42)13(5)34)25(2-7(28)15(36)22(43)16(37)8(2)29,3-9(30)17(38)23(44)18(39)10(3)31)4-11(32)19(40)24(45)20(41)12(4)33/h35-38H,3-34,39-40H2,1-2H3;/q+1;-1. The Balaban J connectivity index is 0.000000341. The number of furan rings is 2. The number of rotatable bonds is 42. The van der Waals surface area contributed by atoms with Gasteiger partial charge >= 0.3 is 28.7 Å². The van der Waals surface area contributed by atoms with E-state index < -0.39 is 166 Å². The molecule has 0 saturated heterocycles. The van der Waals surface area contributed by atoms with E-state index in [1.54, 1.807) is 0 Å². The first-order valence-corrected chi connectivity index (χ1v) is 34.5. The minimum absolute atomic E-state index is 0.507. The molecule has 0 fully saturated rings. The Morgan fingerprint density at radius 2 is 0.415 bits per heavy atom. The van der Waals surface area contributed by atoms with Gasteiger partial charge < -0.3 is 18.3 Å². The molecule has 2 aromatic heterocycles. The molecule has 0 N–H and O–H groups in total. The van der Waals surface area contributed by atoms with E-state index in [0.29, 0.717) is 11.9 Å². The SMILES string of the molecule is CCCCCCCCCCCCCCCCCCOc1ccc([I+]c2ccc(OCCCCCCCCCCCCCCCCCC)o2)o1.Fc1c(F)c(F)c([B-](c2c(F)c(F)c(F)c(F)c2F)(c2c(F)c(F)c(F)c(F)c2F)c2c(F)c(F)c(F)c(F)c2F)c(F)c1F. The Hall–Kier alpha value is -5.57. The summed E-state index contributed by atoms with van der Waals surface area (Å²) in [7, 11) is 0. The number of benzene rings is 4. The third kappa shape index (κ3) is 20.7. The molecule has 0 aliphatic heterocycles. The van der Waals surface area contributed by atoms with Crippen molar-refractivity contribution < 1.29 is 127 Å². The lowest BCUT2D eigenvalue weighted by atomic mass is 9.12. The monoisotopic (exact) mass is 1480 g/mol. The summed E-state index contributed by atoms with van der Waals surface area (Å²) in [5.74, 6) is -70.1. The molecule has 6 rings (SSSR count). The summed E-state index contributed by atoms with van der Waals surface area (Å²) in [5.41, 5.74) is -14.3. The van der Waals surface area contributed by atoms with Gasteiger partial charge in [-0.15, -0.1) is 21.9 Å². The van der Waals surface area contributed by atoms with E-state index >= 15 is 35.1 Å². The summed E-state index contributed by atoms with van der Waals surface area (Å²) < 4.78 is 320. The van der Waals surface area contributed by atoms with Crippen LogP contribution in [0.3, 0.4) is 0 Å². The maximum Gasteiger partial charge on any atom is 0.443 e. The molecule has 6 aromatic rings. The second kappa shape index (κ2) is 40.2. The molecule has 0 saturated carbocycles. The molecule has 0 atom stereocenters. The fraction of sp³-hybridized carbons (Fsp3) is 0.529. The van der Waals surface area contributed by atoms with Gasteiger partial charge in [0, 0.05) is 24.3 Å². The summed E-state index contributed by atoms with van der Waals surface area (Å²) in [5, 5.41) is 0. The van der Waals surface area contributed by atoms with Crippen molar-refractivity contribution in [3.8, 4) is 11.9 Å². The average Bonchev–Trinajstić information content (AvgIpc) is 0.779. The van der Waals surface area contributed by atoms with Crippen molar-refractivity contribution >= 4 is 28.0 Å². The molecule has 524 valence electrons. The van der Waals surface area contributed by atoms with Gasteiger partial charge in [-0.1, -0.05) is 206 Å². The predicted octanol–water partition coefficient (Wildman–Crippen LogP) is 18.1. The Morgan fingerprint density at radius 1 is 0.245 bits per heavy atom. The number of hydrogen-bond acceptors (Lipinski definition) is 4. The topological polar surface area (TPSA) is 44.7 Å². The second-order valence-corrected chi connectivity index (χ2v) is 26.0. The van der Waals surface area contributed by atoms with Crippen LogP contribution in [0.1, 0.15) is 219 Å². The predicted molar refractivity (Wildman–Crippen MR) is 314 cm³/mol. The summed E-state index contributed by atoms with van der Waals surface area (Å²) in [4.78, 5) is 0. The lowest BCUT2D eigenvalue weighted by Crippen LogP contribution is -3.61. The van der Waals surface area contributed by atoms with E-state index in [9.17, 15) is 52.7 Å². The molecule has 2 heterocycles. The third-order valence-corrected chi connectivity index (χ3v) is 18.7. The van der Waals surface area contributed by atoms with Crippen molar-refractivity contribution in [2.24, 2.45) is 0 Å². The van der Waals surface area contributed by atoms with E-state index in [2.05, 4.69) is 13.8 Å². The highest BCUT2D eigenvalue weighted by atomic mass is 127. The van der Waals surface area contributed by atoms with Crippen LogP contribution in [-0.2, 0) is 0 Å². The van der Waals surface area contributed by atoms with Gasteiger partial charge in [0.2, 0.25) is 0 Å². The second-order valence-electron chi connectivity index (χ2n) is 23.3. The van der Waals surface area contributed by atoms with Crippen molar-refractivity contribution in [2.75, 3.05) is 13.2 Å². The molecule has 94 heavy (non-hydrogen) atoms. The summed E-state index contributed by atoms with van der Waals surface area (Å²) in [6.45, 7) is 6.07. The number of halogens is 21. The highest BCUT2D eigenvalue weighted by Crippen LogP contribution is 2.31. The maximum absolute atomic E-state index is 15.4. The van der Waals surface area contributed by atoms with Crippen molar-refractivity contribution in [3.63, 3.8) is 0 Å². The first-order chi connectivity index (χ1) is 45.0. The van der Waals surface area contributed by atoms with E-state index in [1.807, 2.05) is 24.3 Å². The van der Waals surface area contributed by atoms with Crippen LogP contribution in [0.15, 0.2) is 33.1 Å². The molecule has 4 aromatic carbocycles. The molecule has 4 nitrogen and oxygen atoms in total. The lowest BCUT2D eigenvalue weighted by molar-refractivity contribution is -0.636. The van der Waals surface area contributed by atoms with Gasteiger partial charge in [-0.3, -0.25) is 0 Å². The van der Waals surface area contributed by atoms with Crippen molar-refractivity contribution in [3.05, 3.63) is 148 Å². The molecule has 0 radical (unpaired) electrons. The van der Waals surface area contributed by atoms with Crippen LogP contribution in [0, 0.1) is 124 Å². The molecule has 0 aliphatic carbocycles. The minimum atomic E-state index is -7.22. The minimum Gasteiger partial charge on any atom is -0.465 e. The molecule has 26 heteroatoms. The maximum atomic E-state index is 15.4. The van der Waals surface area contributed by atoms with Gasteiger partial charge in [-0.05, 0) is 12.8 Å². The molecular weight excluding hydrogens is 1400 g/mol. The molecule has 0 amide bonds. The molecule has 0 bridgehead atoms. The largest absolute Gasteiger partial charge is 0.465 e. The third-order valence-electron chi connectivity index (χ3n) is 16.5. The summed E-state index contributed by atoms with van der Waals surface area (Å²) >= 11 is -0.507. The fourth-order valence-electron chi connectivity index (χ4n) is 11.5. The van der Waals surface area contributed by atoms with Gasteiger partial charge in [0.25, 0.3) is 11.9 Å². The van der Waals surface area contributed by atoms with Gasteiger partial charge in [-0.25, -0.2) is 87.8 Å². The Bertz CT molecular complexity index is 2870. The first-order valence-electron chi connectivity index (χ1n) is 32.3. The Morgan fingerprint density at radius 3 is 0.606 bits per heavy atom. The zero-order chi connectivity index (χ0) is 69.1. The summed E-state index contributed by atoms with van der Waals surface area (Å²) in [6.07, 6.45) is 37.1. The normalized spacial score (nSPS) is 11.7. The van der Waals surface area contributed by atoms with Crippen LogP contribution in [-0.4, -0.2) is 19.4 Å². The van der Waals surface area contributed by atoms with Crippen LogP contribution < -0.4 is 52.5 Å². The fourth-order valence-corrected chi connectivity index (χ4v) is 13.4. The quantitative estimate of drug-likeness (QED) is 0.00957. The van der Waals surface area contributed by atoms with Crippen molar-refractivity contribution in [1.29, 1.82) is 0 Å². The molecule has 0 spiro atoms. The van der Waals surface area contributed by atoms with Crippen LogP contribution >= 0.6 is 0 Å². The smallest absolute Gasteiger partial charge is 0.443 e. The average molecular weight is 1480 g/mol. The van der Waals surface area contributed by atoms with Crippen LogP contribution in [0.25, 0.3) is 0 Å². The number of unbranched alkanes of at least 4 members (excludes halogenated alkanes) is 30. The lowest BCUT2D eigenvalue weighted by Gasteiger charge is -2.44. The van der Waals surface area contributed by atoms with Gasteiger partial charge in [0.1, 0.15) is 52.7 Å². The van der Waals surface area contributed by atoms with Crippen molar-refractivity contribution in [1.82, 2.24) is 0 Å². The molecular formula is C68H78BF20IO4. The summed E-state index contributed by atoms with van der Waals surface area (Å²) in [6, 6.07) is 7.99. The Labute approximate surface area is 545 Å². The van der Waals surface area contributed by atoms with Crippen LogP contribution in [0.2, 0.25) is 0 Å². The van der Waals surface area contributed by atoms with Crippen molar-refractivity contribution in [2.45, 2.75) is 219 Å². The number of ether oxygens (including phenoxy) is 2. The van der Waals surface area contributed by atoms with Gasteiger partial charge in [0.15, 0.2) is 69.8 Å². The molecule has 0 unspecified atom stereocenters. The van der Waals surface area contributed by atoms with Crippen LogP contribution in [0.5, 0.6) is 11.9 Å². The number of hydrogen-bond donors (Lipinski definition) is 0. The van der Waals surface area contributed by atoms with E-state index in [-0.39, 0.29) is 0 Å². The highest BCUT2D eigenvalue weighted by molar-refractivity contribution is 7.20. The van der Waals surface area contributed by atoms with E-state index in [1.165, 1.54) is 193 Å². The Kier molecular flexibility index (Phi) is 33.9. The van der Waals surface area contributed by atoms with Gasteiger partial charge in [-0.2, -0.15) is 0 Å². The van der Waals surface area contributed by atoms with E-state index in [4.69, 9.17) is 18.3 Å². The first kappa shape index (κ1) is 79.1. The van der Waals surface area contributed by atoms with Gasteiger partial charge in [0.05, 0.1) is 13.2 Å². The van der Waals surface area contributed by atoms with E-state index in [0.717, 1.165) is 33.6 Å². The molecule has 0 aliphatic rings. The zero-order valence-electron chi connectivity index (χ0n) is 52.5. The van der Waals surface area contributed by atoms with Crippen LogP contribution in [0.4, 0.5) is 87.8 Å². The highest BCUT2D eigenvalue weighted by Gasteiger charge is 2.52. The zero-order valence-corrected chi connectivity index (χ0v) is 54.7.